The van der Waals surface area contributed by atoms with Crippen molar-refractivity contribution in [2.75, 3.05) is 13.1 Å². The Morgan fingerprint density at radius 2 is 2.16 bits per heavy atom. The summed E-state index contributed by atoms with van der Waals surface area (Å²) in [6.07, 6.45) is 8.61. The minimum atomic E-state index is -0.393. The molecule has 136 valence electrons. The molecule has 2 aliphatic heterocycles. The first-order valence-corrected chi connectivity index (χ1v) is 9.93. The maximum Gasteiger partial charge on any atom is 0.227 e. The lowest BCUT2D eigenvalue weighted by atomic mass is 9.85. The summed E-state index contributed by atoms with van der Waals surface area (Å²) in [4.78, 5) is 31.9. The monoisotopic (exact) mass is 362 g/mol. The summed E-state index contributed by atoms with van der Waals surface area (Å²) in [6, 6.07) is 0. The van der Waals surface area contributed by atoms with Crippen LogP contribution in [0.15, 0.2) is 12.3 Å². The van der Waals surface area contributed by atoms with Crippen LogP contribution < -0.4 is 0 Å². The Morgan fingerprint density at radius 3 is 2.84 bits per heavy atom. The van der Waals surface area contributed by atoms with Crippen LogP contribution in [0.5, 0.6) is 0 Å². The third-order valence-corrected chi connectivity index (χ3v) is 6.31. The van der Waals surface area contributed by atoms with E-state index in [1.165, 1.54) is 12.3 Å². The van der Waals surface area contributed by atoms with Gasteiger partial charge < -0.3 is 9.64 Å². The molecule has 2 aliphatic rings. The topological polar surface area (TPSA) is 59.5 Å². The van der Waals surface area contributed by atoms with Crippen LogP contribution in [0.3, 0.4) is 0 Å². The predicted molar refractivity (Wildman–Crippen MR) is 97.6 cm³/mol. The lowest BCUT2D eigenvalue weighted by Gasteiger charge is -2.41. The summed E-state index contributed by atoms with van der Waals surface area (Å²) in [6.45, 7) is 5.47. The van der Waals surface area contributed by atoms with Crippen molar-refractivity contribution in [3.63, 3.8) is 0 Å². The minimum absolute atomic E-state index is 0.117. The molecule has 5 nitrogen and oxygen atoms in total. The fraction of sp³-hybridized carbons (Fsp3) is 0.632. The van der Waals surface area contributed by atoms with Gasteiger partial charge in [0.25, 0.3) is 0 Å². The van der Waals surface area contributed by atoms with E-state index in [1.54, 1.807) is 11.3 Å². The maximum atomic E-state index is 12.7. The van der Waals surface area contributed by atoms with Gasteiger partial charge in [0, 0.05) is 36.9 Å². The lowest BCUT2D eigenvalue weighted by Crippen LogP contribution is -2.49. The average Bonchev–Trinajstić information content (AvgIpc) is 2.93. The van der Waals surface area contributed by atoms with Crippen LogP contribution in [-0.2, 0) is 27.2 Å². The number of likely N-dealkylation sites (tertiary alicyclic amines) is 1. The van der Waals surface area contributed by atoms with Crippen LogP contribution in [-0.4, -0.2) is 40.3 Å². The Morgan fingerprint density at radius 1 is 1.40 bits per heavy atom. The maximum absolute atomic E-state index is 12.7. The second-order valence-corrected chi connectivity index (χ2v) is 8.19. The van der Waals surface area contributed by atoms with Gasteiger partial charge in [-0.05, 0) is 19.8 Å². The Hall–Kier alpha value is -1.69. The summed E-state index contributed by atoms with van der Waals surface area (Å²) >= 11 is 1.68. The highest BCUT2D eigenvalue weighted by molar-refractivity contribution is 7.11. The molecule has 3 rings (SSSR count). The van der Waals surface area contributed by atoms with E-state index >= 15 is 0 Å². The van der Waals surface area contributed by atoms with Gasteiger partial charge in [-0.1, -0.05) is 13.3 Å². The number of ketones is 1. The predicted octanol–water partition coefficient (Wildman–Crippen LogP) is 3.20. The largest absolute Gasteiger partial charge is 0.494 e. The number of unbranched alkanes of at least 4 members (excludes halogenated alkanes) is 1. The summed E-state index contributed by atoms with van der Waals surface area (Å²) < 4.78 is 5.74. The number of carbonyl (C=O) groups excluding carboxylic acids is 2. The summed E-state index contributed by atoms with van der Waals surface area (Å²) in [5, 5.41) is 1.14. The summed E-state index contributed by atoms with van der Waals surface area (Å²) in [7, 11) is 0. The van der Waals surface area contributed by atoms with Gasteiger partial charge in [0.2, 0.25) is 5.91 Å². The van der Waals surface area contributed by atoms with Gasteiger partial charge in [0.05, 0.1) is 29.8 Å². The minimum Gasteiger partial charge on any atom is -0.494 e. The van der Waals surface area contributed by atoms with Gasteiger partial charge in [-0.15, -0.1) is 11.3 Å². The van der Waals surface area contributed by atoms with E-state index in [0.717, 1.165) is 47.7 Å². The van der Waals surface area contributed by atoms with Gasteiger partial charge in [0.15, 0.2) is 5.78 Å². The van der Waals surface area contributed by atoms with E-state index < -0.39 is 5.60 Å². The number of ether oxygens (including phenoxy) is 1. The molecule has 1 aromatic heterocycles. The number of carbonyl (C=O) groups is 2. The van der Waals surface area contributed by atoms with Crippen molar-refractivity contribution in [2.45, 2.75) is 64.4 Å². The highest BCUT2D eigenvalue weighted by atomic mass is 32.1. The van der Waals surface area contributed by atoms with Crippen LogP contribution in [0, 0.1) is 6.92 Å². The van der Waals surface area contributed by atoms with Crippen LogP contribution in [0.4, 0.5) is 0 Å². The van der Waals surface area contributed by atoms with Crippen LogP contribution >= 0.6 is 11.3 Å². The second-order valence-electron chi connectivity index (χ2n) is 7.02. The number of nitrogens with zero attached hydrogens (tertiary/aromatic N) is 2. The van der Waals surface area contributed by atoms with Gasteiger partial charge in [-0.3, -0.25) is 9.59 Å². The molecule has 0 bridgehead atoms. The van der Waals surface area contributed by atoms with E-state index in [2.05, 4.69) is 11.9 Å². The molecule has 1 aromatic rings. The molecule has 25 heavy (non-hydrogen) atoms. The number of amides is 1. The smallest absolute Gasteiger partial charge is 0.227 e. The van der Waals surface area contributed by atoms with Gasteiger partial charge >= 0.3 is 0 Å². The summed E-state index contributed by atoms with van der Waals surface area (Å²) in [5.74, 6) is 0.271. The number of allylic oxidation sites excluding steroid dienone is 1. The molecule has 0 saturated carbocycles. The van der Waals surface area contributed by atoms with Crippen molar-refractivity contribution in [2.24, 2.45) is 0 Å². The number of thiazole rings is 1. The molecular formula is C19H26N2O3S. The molecule has 1 fully saturated rings. The van der Waals surface area contributed by atoms with E-state index in [9.17, 15) is 9.59 Å². The van der Waals surface area contributed by atoms with E-state index in [0.29, 0.717) is 25.9 Å². The van der Waals surface area contributed by atoms with Crippen molar-refractivity contribution in [1.29, 1.82) is 0 Å². The number of rotatable bonds is 5. The average molecular weight is 362 g/mol. The molecule has 0 N–H and O–H groups in total. The van der Waals surface area contributed by atoms with E-state index in [-0.39, 0.29) is 11.7 Å². The Bertz CT molecular complexity index is 672. The van der Waals surface area contributed by atoms with Crippen LogP contribution in [0.1, 0.15) is 54.6 Å². The number of aryl methyl sites for hydroxylation is 2. The zero-order valence-corrected chi connectivity index (χ0v) is 15.9. The zero-order chi connectivity index (χ0) is 17.9. The highest BCUT2D eigenvalue weighted by Gasteiger charge is 2.40. The standard InChI is InChI=1S/C19H26N2O3S/c1-3-4-5-17-20-14(2)16(25-17)12-18(23)21-9-7-19(8-10-21)13-15(22)6-11-24-19/h6,11H,3-5,7-10,12-13H2,1-2H3. The van der Waals surface area contributed by atoms with E-state index in [1.807, 2.05) is 11.8 Å². The molecule has 0 aromatic carbocycles. The van der Waals surface area contributed by atoms with Gasteiger partial charge in [0.1, 0.15) is 5.60 Å². The van der Waals surface area contributed by atoms with E-state index in [4.69, 9.17) is 4.74 Å². The third-order valence-electron chi connectivity index (χ3n) is 5.09. The molecule has 6 heteroatoms. The van der Waals surface area contributed by atoms with Crippen LogP contribution in [0.25, 0.3) is 0 Å². The Kier molecular flexibility index (Phi) is 5.57. The van der Waals surface area contributed by atoms with Crippen LogP contribution in [0.2, 0.25) is 0 Å². The fourth-order valence-corrected chi connectivity index (χ4v) is 4.57. The number of aromatic nitrogens is 1. The SMILES string of the molecule is CCCCc1nc(C)c(CC(=O)N2CCC3(CC2)CC(=O)C=CO3)s1. The lowest BCUT2D eigenvalue weighted by molar-refractivity contribution is -0.137. The normalized spacial score (nSPS) is 19.3. The first-order valence-electron chi connectivity index (χ1n) is 9.11. The summed E-state index contributed by atoms with van der Waals surface area (Å²) in [5.41, 5.74) is 0.598. The molecule has 1 amide bonds. The molecule has 0 atom stereocenters. The first kappa shape index (κ1) is 18.1. The Balaban J connectivity index is 1.55. The quantitative estimate of drug-likeness (QED) is 0.807. The third kappa shape index (κ3) is 4.29. The number of piperidine rings is 1. The molecule has 1 saturated heterocycles. The molecule has 1 spiro atoms. The zero-order valence-electron chi connectivity index (χ0n) is 15.0. The highest BCUT2D eigenvalue weighted by Crippen LogP contribution is 2.33. The molecule has 0 radical (unpaired) electrons. The molecule has 3 heterocycles. The molecule has 0 unspecified atom stereocenters. The first-order chi connectivity index (χ1) is 12.0. The molecular weight excluding hydrogens is 336 g/mol. The fourth-order valence-electron chi connectivity index (χ4n) is 3.47. The Labute approximate surface area is 153 Å². The van der Waals surface area contributed by atoms with Gasteiger partial charge in [-0.2, -0.15) is 0 Å². The number of hydrogen-bond acceptors (Lipinski definition) is 5. The molecule has 0 aliphatic carbocycles. The van der Waals surface area contributed by atoms with Crippen molar-refractivity contribution in [3.05, 3.63) is 27.9 Å². The second kappa shape index (κ2) is 7.68. The van der Waals surface area contributed by atoms with Gasteiger partial charge in [-0.25, -0.2) is 4.98 Å². The number of hydrogen-bond donors (Lipinski definition) is 0. The van der Waals surface area contributed by atoms with Crippen molar-refractivity contribution in [3.8, 4) is 0 Å². The van der Waals surface area contributed by atoms with Crippen molar-refractivity contribution < 1.29 is 14.3 Å². The van der Waals surface area contributed by atoms with Crippen molar-refractivity contribution >= 4 is 23.0 Å². The van der Waals surface area contributed by atoms with Crippen molar-refractivity contribution in [1.82, 2.24) is 9.88 Å².